The zero-order chi connectivity index (χ0) is 21.3. The molecule has 1 aromatic carbocycles. The summed E-state index contributed by atoms with van der Waals surface area (Å²) in [6, 6.07) is 11.2. The van der Waals surface area contributed by atoms with Gasteiger partial charge in [-0.2, -0.15) is 0 Å². The highest BCUT2D eigenvalue weighted by molar-refractivity contribution is 7.13. The number of aryl methyl sites for hydroxylation is 1. The van der Waals surface area contributed by atoms with E-state index in [0.717, 1.165) is 27.4 Å². The fourth-order valence-corrected chi connectivity index (χ4v) is 3.75. The lowest BCUT2D eigenvalue weighted by molar-refractivity contribution is 0.102. The number of carbonyl (C=O) groups excluding carboxylic acids is 1. The highest BCUT2D eigenvalue weighted by Gasteiger charge is 2.21. The van der Waals surface area contributed by atoms with Crippen molar-refractivity contribution in [3.63, 3.8) is 0 Å². The number of carbonyl (C=O) groups is 1. The van der Waals surface area contributed by atoms with E-state index < -0.39 is 0 Å². The van der Waals surface area contributed by atoms with E-state index in [2.05, 4.69) is 15.5 Å². The van der Waals surface area contributed by atoms with E-state index in [9.17, 15) is 4.79 Å². The molecule has 0 aliphatic heterocycles. The monoisotopic (exact) mass is 418 g/mol. The van der Waals surface area contributed by atoms with Crippen LogP contribution in [0.3, 0.4) is 0 Å². The second-order valence-electron chi connectivity index (χ2n) is 8.09. The smallest absolute Gasteiger partial charge is 0.256 e. The first kappa shape index (κ1) is 20.0. The normalized spacial score (nSPS) is 11.5. The Kier molecular flexibility index (Phi) is 5.22. The average Bonchev–Trinajstić information content (AvgIpc) is 3.38. The molecule has 0 saturated carbocycles. The molecule has 4 aromatic rings. The first-order valence-corrected chi connectivity index (χ1v) is 10.4. The summed E-state index contributed by atoms with van der Waals surface area (Å²) in [6.45, 7) is 8.09. The Morgan fingerprint density at radius 1 is 1.17 bits per heavy atom. The Morgan fingerprint density at radius 3 is 2.70 bits per heavy atom. The maximum Gasteiger partial charge on any atom is 0.256 e. The number of hydrogen-bond donors (Lipinski definition) is 1. The number of nitrogens with zero attached hydrogens (tertiary/aromatic N) is 3. The summed E-state index contributed by atoms with van der Waals surface area (Å²) >= 11 is 1.55. The summed E-state index contributed by atoms with van der Waals surface area (Å²) in [5.74, 6) is 0.875. The summed E-state index contributed by atoms with van der Waals surface area (Å²) in [7, 11) is 0. The van der Waals surface area contributed by atoms with Crippen molar-refractivity contribution in [3.05, 3.63) is 71.1 Å². The van der Waals surface area contributed by atoms with Crippen LogP contribution in [0.1, 0.15) is 42.5 Å². The van der Waals surface area contributed by atoms with Crippen molar-refractivity contribution in [2.45, 2.75) is 33.1 Å². The first-order valence-electron chi connectivity index (χ1n) is 9.57. The fraction of sp³-hybridized carbons (Fsp3) is 0.217. The molecule has 0 bridgehead atoms. The van der Waals surface area contributed by atoms with E-state index >= 15 is 0 Å². The molecular formula is C23H22N4O2S. The van der Waals surface area contributed by atoms with E-state index in [-0.39, 0.29) is 11.3 Å². The van der Waals surface area contributed by atoms with Gasteiger partial charge in [-0.1, -0.05) is 32.0 Å². The van der Waals surface area contributed by atoms with Crippen molar-refractivity contribution in [2.24, 2.45) is 0 Å². The minimum Gasteiger partial charge on any atom is -0.359 e. The zero-order valence-corrected chi connectivity index (χ0v) is 18.1. The van der Waals surface area contributed by atoms with Crippen molar-refractivity contribution in [2.75, 3.05) is 5.32 Å². The van der Waals surface area contributed by atoms with Gasteiger partial charge in [-0.25, -0.2) is 4.98 Å². The predicted molar refractivity (Wildman–Crippen MR) is 119 cm³/mol. The largest absolute Gasteiger partial charge is 0.359 e. The average molecular weight is 419 g/mol. The molecule has 0 radical (unpaired) electrons. The number of aromatic nitrogens is 3. The molecule has 3 aromatic heterocycles. The summed E-state index contributed by atoms with van der Waals surface area (Å²) in [5, 5.41) is 9.66. The van der Waals surface area contributed by atoms with E-state index in [1.54, 1.807) is 35.9 Å². The first-order chi connectivity index (χ1) is 14.3. The van der Waals surface area contributed by atoms with Gasteiger partial charge in [0.15, 0.2) is 5.82 Å². The topological polar surface area (TPSA) is 80.9 Å². The van der Waals surface area contributed by atoms with Crippen molar-refractivity contribution in [1.82, 2.24) is 15.1 Å². The van der Waals surface area contributed by atoms with Gasteiger partial charge in [0.1, 0.15) is 10.8 Å². The Morgan fingerprint density at radius 2 is 2.00 bits per heavy atom. The number of pyridine rings is 1. The van der Waals surface area contributed by atoms with E-state index in [1.165, 1.54) is 0 Å². The summed E-state index contributed by atoms with van der Waals surface area (Å²) < 4.78 is 5.34. The molecule has 4 rings (SSSR count). The number of rotatable bonds is 4. The van der Waals surface area contributed by atoms with Crippen LogP contribution in [0.15, 0.2) is 58.7 Å². The third kappa shape index (κ3) is 4.16. The van der Waals surface area contributed by atoms with E-state index in [0.29, 0.717) is 17.1 Å². The van der Waals surface area contributed by atoms with Gasteiger partial charge in [-0.3, -0.25) is 9.78 Å². The molecule has 0 unspecified atom stereocenters. The Balaban J connectivity index is 1.58. The van der Waals surface area contributed by atoms with Gasteiger partial charge < -0.3 is 9.84 Å². The molecule has 0 fully saturated rings. The number of amides is 1. The lowest BCUT2D eigenvalue weighted by atomic mass is 9.93. The van der Waals surface area contributed by atoms with Crippen molar-refractivity contribution < 1.29 is 9.32 Å². The lowest BCUT2D eigenvalue weighted by Gasteiger charge is -2.12. The lowest BCUT2D eigenvalue weighted by Crippen LogP contribution is -2.13. The van der Waals surface area contributed by atoms with Crippen molar-refractivity contribution in [1.29, 1.82) is 0 Å². The zero-order valence-electron chi connectivity index (χ0n) is 17.3. The molecular weight excluding hydrogens is 396 g/mol. The number of thiazole rings is 1. The van der Waals surface area contributed by atoms with Crippen LogP contribution in [-0.4, -0.2) is 21.0 Å². The number of nitrogens with one attached hydrogen (secondary N) is 1. The van der Waals surface area contributed by atoms with Crippen LogP contribution >= 0.6 is 11.3 Å². The van der Waals surface area contributed by atoms with Gasteiger partial charge in [0, 0.05) is 45.9 Å². The summed E-state index contributed by atoms with van der Waals surface area (Å²) in [5.41, 5.74) is 4.13. The minimum atomic E-state index is -0.243. The molecule has 0 aliphatic rings. The highest BCUT2D eigenvalue weighted by Crippen LogP contribution is 2.31. The molecule has 30 heavy (non-hydrogen) atoms. The summed E-state index contributed by atoms with van der Waals surface area (Å²) in [4.78, 5) is 21.7. The van der Waals surface area contributed by atoms with Crippen LogP contribution < -0.4 is 5.32 Å². The SMILES string of the molecule is Cc1ccc(C(=O)Nc2cc(C(C)(C)C)on2)cc1-c1csc(-c2cccnc2)n1. The fourth-order valence-electron chi connectivity index (χ4n) is 2.93. The van der Waals surface area contributed by atoms with Gasteiger partial charge in [0.2, 0.25) is 0 Å². The number of anilines is 1. The van der Waals surface area contributed by atoms with Crippen LogP contribution in [0.4, 0.5) is 5.82 Å². The highest BCUT2D eigenvalue weighted by atomic mass is 32.1. The van der Waals surface area contributed by atoms with Gasteiger partial charge >= 0.3 is 0 Å². The van der Waals surface area contributed by atoms with Crippen LogP contribution in [-0.2, 0) is 5.41 Å². The predicted octanol–water partition coefficient (Wildman–Crippen LogP) is 5.72. The van der Waals surface area contributed by atoms with Crippen molar-refractivity contribution in [3.8, 4) is 21.8 Å². The van der Waals surface area contributed by atoms with Crippen LogP contribution in [0.25, 0.3) is 21.8 Å². The minimum absolute atomic E-state index is 0.177. The molecule has 7 heteroatoms. The van der Waals surface area contributed by atoms with Crippen LogP contribution in [0.5, 0.6) is 0 Å². The van der Waals surface area contributed by atoms with Crippen LogP contribution in [0.2, 0.25) is 0 Å². The second-order valence-corrected chi connectivity index (χ2v) is 8.95. The molecule has 1 N–H and O–H groups in total. The molecule has 1 amide bonds. The molecule has 6 nitrogen and oxygen atoms in total. The second kappa shape index (κ2) is 7.84. The van der Waals surface area contributed by atoms with E-state index in [1.807, 2.05) is 57.3 Å². The van der Waals surface area contributed by atoms with Gasteiger partial charge in [-0.05, 0) is 36.8 Å². The van der Waals surface area contributed by atoms with Gasteiger partial charge in [0.05, 0.1) is 5.69 Å². The molecule has 0 spiro atoms. The molecule has 3 heterocycles. The molecule has 0 saturated heterocycles. The maximum atomic E-state index is 12.8. The Hall–Kier alpha value is -3.32. The number of benzene rings is 1. The van der Waals surface area contributed by atoms with Crippen LogP contribution in [0, 0.1) is 6.92 Å². The van der Waals surface area contributed by atoms with Crippen molar-refractivity contribution >= 4 is 23.1 Å². The molecule has 0 aliphatic carbocycles. The third-order valence-electron chi connectivity index (χ3n) is 4.68. The molecule has 152 valence electrons. The van der Waals surface area contributed by atoms with Gasteiger partial charge in [-0.15, -0.1) is 11.3 Å². The Bertz CT molecular complexity index is 1190. The number of hydrogen-bond acceptors (Lipinski definition) is 6. The standard InChI is InChI=1S/C23H22N4O2S/c1-14-7-8-15(21(28)26-20-11-19(29-27-20)23(2,3)4)10-17(14)18-13-30-22(25-18)16-6-5-9-24-12-16/h5-13H,1-4H3,(H,26,27,28). The molecule has 0 atom stereocenters. The third-order valence-corrected chi connectivity index (χ3v) is 5.57. The van der Waals surface area contributed by atoms with Gasteiger partial charge in [0.25, 0.3) is 5.91 Å². The van der Waals surface area contributed by atoms with E-state index in [4.69, 9.17) is 9.51 Å². The maximum absolute atomic E-state index is 12.8. The summed E-state index contributed by atoms with van der Waals surface area (Å²) in [6.07, 6.45) is 3.53. The quantitative estimate of drug-likeness (QED) is 0.458. The Labute approximate surface area is 179 Å².